The van der Waals surface area contributed by atoms with Crippen LogP contribution in [0.1, 0.15) is 31.2 Å². The first-order valence-electron chi connectivity index (χ1n) is 7.67. The standard InChI is InChI=1S/C16H14F3N3OS/c17-16(18,19)15(10-6-2-1-3-7-10)20-13(23)22-11-8-4-5-9-12(11)24-14(22)21-15/h1-3,6-7H,4-5,8-9H2,(H,20,23)/t15-/m1/s1. The molecule has 3 aliphatic rings. The topological polar surface area (TPSA) is 44.7 Å². The van der Waals surface area contributed by atoms with E-state index in [1.807, 2.05) is 0 Å². The Balaban J connectivity index is 1.85. The van der Waals surface area contributed by atoms with Gasteiger partial charge in [-0.1, -0.05) is 42.1 Å². The highest BCUT2D eigenvalue weighted by Crippen LogP contribution is 2.49. The average molecular weight is 353 g/mol. The molecule has 8 heteroatoms. The highest BCUT2D eigenvalue weighted by molar-refractivity contribution is 8.17. The van der Waals surface area contributed by atoms with Crippen LogP contribution in [0, 0.1) is 0 Å². The zero-order valence-corrected chi connectivity index (χ0v) is 13.4. The Morgan fingerprint density at radius 1 is 1.17 bits per heavy atom. The van der Waals surface area contributed by atoms with E-state index in [4.69, 9.17) is 0 Å². The maximum Gasteiger partial charge on any atom is 0.436 e. The minimum Gasteiger partial charge on any atom is -0.301 e. The molecule has 1 atom stereocenters. The number of hydrogen-bond donors (Lipinski definition) is 1. The first-order chi connectivity index (χ1) is 11.4. The maximum atomic E-state index is 13.9. The fourth-order valence-corrected chi connectivity index (χ4v) is 4.50. The number of halogens is 3. The molecule has 0 radical (unpaired) electrons. The third-order valence-electron chi connectivity index (χ3n) is 4.42. The van der Waals surface area contributed by atoms with Crippen LogP contribution >= 0.6 is 11.8 Å². The van der Waals surface area contributed by atoms with E-state index in [0.29, 0.717) is 6.42 Å². The second kappa shape index (κ2) is 5.27. The van der Waals surface area contributed by atoms with Gasteiger partial charge in [-0.2, -0.15) is 13.2 Å². The summed E-state index contributed by atoms with van der Waals surface area (Å²) in [6.45, 7) is 0. The van der Waals surface area contributed by atoms with Gasteiger partial charge in [-0.15, -0.1) is 0 Å². The highest BCUT2D eigenvalue weighted by Gasteiger charge is 2.61. The van der Waals surface area contributed by atoms with Gasteiger partial charge in [-0.05, 0) is 25.7 Å². The molecule has 4 rings (SSSR count). The van der Waals surface area contributed by atoms with E-state index in [9.17, 15) is 18.0 Å². The van der Waals surface area contributed by atoms with Gasteiger partial charge in [0.05, 0.1) is 0 Å². The summed E-state index contributed by atoms with van der Waals surface area (Å²) >= 11 is 1.19. The Labute approximate surface area is 140 Å². The number of allylic oxidation sites excluding steroid dienone is 2. The van der Waals surface area contributed by atoms with Gasteiger partial charge in [0.2, 0.25) is 0 Å². The predicted octanol–water partition coefficient (Wildman–Crippen LogP) is 4.32. The zero-order valence-electron chi connectivity index (χ0n) is 12.6. The van der Waals surface area contributed by atoms with Crippen molar-refractivity contribution in [3.05, 3.63) is 46.5 Å². The van der Waals surface area contributed by atoms with Gasteiger partial charge in [-0.25, -0.2) is 14.7 Å². The Bertz CT molecular complexity index is 760. The van der Waals surface area contributed by atoms with Crippen molar-refractivity contribution in [1.29, 1.82) is 0 Å². The molecule has 2 heterocycles. The van der Waals surface area contributed by atoms with Crippen LogP contribution < -0.4 is 5.32 Å². The van der Waals surface area contributed by atoms with Gasteiger partial charge in [-0.3, -0.25) is 0 Å². The summed E-state index contributed by atoms with van der Waals surface area (Å²) in [5.74, 6) is 0. The van der Waals surface area contributed by atoms with Crippen molar-refractivity contribution in [2.45, 2.75) is 37.5 Å². The molecule has 2 amide bonds. The number of fused-ring (bicyclic) bond motifs is 2. The number of rotatable bonds is 1. The molecule has 0 fully saturated rings. The largest absolute Gasteiger partial charge is 0.436 e. The lowest BCUT2D eigenvalue weighted by Crippen LogP contribution is -2.62. The SMILES string of the molecule is O=C1N[C@@](c2ccccc2)(C(F)(F)F)N=C2SC3=C(CCCC3)N12. The van der Waals surface area contributed by atoms with Crippen LogP contribution in [0.25, 0.3) is 0 Å². The van der Waals surface area contributed by atoms with Crippen molar-refractivity contribution < 1.29 is 18.0 Å². The number of thioether (sulfide) groups is 1. The molecule has 0 bridgehead atoms. The highest BCUT2D eigenvalue weighted by atomic mass is 32.2. The Morgan fingerprint density at radius 2 is 1.88 bits per heavy atom. The maximum absolute atomic E-state index is 13.9. The first-order valence-corrected chi connectivity index (χ1v) is 8.48. The number of nitrogens with one attached hydrogen (secondary N) is 1. The van der Waals surface area contributed by atoms with E-state index < -0.39 is 17.9 Å². The molecule has 0 spiro atoms. The van der Waals surface area contributed by atoms with Crippen molar-refractivity contribution in [3.8, 4) is 0 Å². The van der Waals surface area contributed by atoms with Crippen LogP contribution in [0.3, 0.4) is 0 Å². The number of amidine groups is 1. The van der Waals surface area contributed by atoms with E-state index in [1.165, 1.54) is 40.9 Å². The van der Waals surface area contributed by atoms with Crippen molar-refractivity contribution in [1.82, 2.24) is 10.2 Å². The van der Waals surface area contributed by atoms with Gasteiger partial charge in [0.25, 0.3) is 5.66 Å². The quantitative estimate of drug-likeness (QED) is 0.817. The summed E-state index contributed by atoms with van der Waals surface area (Å²) in [6.07, 6.45) is -1.35. The fourth-order valence-electron chi connectivity index (χ4n) is 3.26. The minimum absolute atomic E-state index is 0.0940. The lowest BCUT2D eigenvalue weighted by Gasteiger charge is -2.39. The smallest absolute Gasteiger partial charge is 0.301 e. The summed E-state index contributed by atoms with van der Waals surface area (Å²) in [4.78, 5) is 18.8. The molecule has 4 nitrogen and oxygen atoms in total. The molecule has 0 saturated carbocycles. The number of carbonyl (C=O) groups excluding carboxylic acids is 1. The Kier molecular flexibility index (Phi) is 3.42. The number of aliphatic imine (C=N–C) groups is 1. The molecule has 2 aliphatic heterocycles. The van der Waals surface area contributed by atoms with Gasteiger partial charge in [0, 0.05) is 16.2 Å². The number of hydrogen-bond acceptors (Lipinski definition) is 3. The van der Waals surface area contributed by atoms with Crippen molar-refractivity contribution in [2.24, 2.45) is 4.99 Å². The molecule has 1 aromatic carbocycles. The van der Waals surface area contributed by atoms with Gasteiger partial charge >= 0.3 is 12.2 Å². The zero-order chi connectivity index (χ0) is 16.9. The molecular weight excluding hydrogens is 339 g/mol. The summed E-state index contributed by atoms with van der Waals surface area (Å²) in [6, 6.07) is 6.54. The van der Waals surface area contributed by atoms with Crippen LogP contribution in [0.2, 0.25) is 0 Å². The van der Waals surface area contributed by atoms with Crippen LogP contribution in [-0.4, -0.2) is 22.3 Å². The number of alkyl halides is 3. The van der Waals surface area contributed by atoms with Gasteiger partial charge in [0.15, 0.2) is 5.17 Å². The number of nitrogens with zero attached hydrogens (tertiary/aromatic N) is 2. The van der Waals surface area contributed by atoms with Gasteiger partial charge in [0.1, 0.15) is 0 Å². The van der Waals surface area contributed by atoms with Crippen LogP contribution in [-0.2, 0) is 5.66 Å². The Hall–Kier alpha value is -1.96. The predicted molar refractivity (Wildman–Crippen MR) is 85.1 cm³/mol. The van der Waals surface area contributed by atoms with E-state index >= 15 is 0 Å². The fraction of sp³-hybridized carbons (Fsp3) is 0.375. The molecule has 0 aromatic heterocycles. The Morgan fingerprint density at radius 3 is 2.58 bits per heavy atom. The van der Waals surface area contributed by atoms with Crippen molar-refractivity contribution >= 4 is 23.0 Å². The van der Waals surface area contributed by atoms with Crippen molar-refractivity contribution in [3.63, 3.8) is 0 Å². The lowest BCUT2D eigenvalue weighted by molar-refractivity contribution is -0.196. The summed E-state index contributed by atoms with van der Waals surface area (Å²) in [5, 5.41) is 2.24. The van der Waals surface area contributed by atoms with Crippen LogP contribution in [0.15, 0.2) is 45.9 Å². The number of carbonyl (C=O) groups is 1. The normalized spacial score (nSPS) is 26.7. The van der Waals surface area contributed by atoms with Crippen molar-refractivity contribution in [2.75, 3.05) is 0 Å². The lowest BCUT2D eigenvalue weighted by atomic mass is 9.98. The second-order valence-corrected chi connectivity index (χ2v) is 6.98. The third kappa shape index (κ3) is 2.16. The molecule has 24 heavy (non-hydrogen) atoms. The molecule has 0 unspecified atom stereocenters. The third-order valence-corrected chi connectivity index (χ3v) is 5.56. The van der Waals surface area contributed by atoms with Crippen LogP contribution in [0.5, 0.6) is 0 Å². The van der Waals surface area contributed by atoms with Crippen LogP contribution in [0.4, 0.5) is 18.0 Å². The number of benzene rings is 1. The number of urea groups is 1. The molecule has 126 valence electrons. The molecular formula is C16H14F3N3OS. The van der Waals surface area contributed by atoms with E-state index in [1.54, 1.807) is 6.07 Å². The van der Waals surface area contributed by atoms with E-state index in [0.717, 1.165) is 29.9 Å². The average Bonchev–Trinajstić information content (AvgIpc) is 2.93. The summed E-state index contributed by atoms with van der Waals surface area (Å²) in [5.41, 5.74) is -2.03. The monoisotopic (exact) mass is 353 g/mol. The molecule has 0 saturated heterocycles. The second-order valence-electron chi connectivity index (χ2n) is 5.91. The molecule has 1 aromatic rings. The molecule has 1 aliphatic carbocycles. The van der Waals surface area contributed by atoms with E-state index in [-0.39, 0.29) is 10.7 Å². The van der Waals surface area contributed by atoms with E-state index in [2.05, 4.69) is 10.3 Å². The molecule has 1 N–H and O–H groups in total. The minimum atomic E-state index is -4.74. The number of amides is 2. The first kappa shape index (κ1) is 15.6. The summed E-state index contributed by atoms with van der Waals surface area (Å²) in [7, 11) is 0. The van der Waals surface area contributed by atoms with Gasteiger partial charge < -0.3 is 5.32 Å². The summed E-state index contributed by atoms with van der Waals surface area (Å²) < 4.78 is 41.8.